The molecule has 87 heavy (non-hydrogen) atoms. The second-order valence-corrected chi connectivity index (χ2v) is 24.0. The molecule has 6 amide bonds. The molecule has 0 bridgehead atoms. The zero-order chi connectivity index (χ0) is 64.6. The van der Waals surface area contributed by atoms with Gasteiger partial charge in [0.1, 0.15) is 63.5 Å². The maximum Gasteiger partial charge on any atom is 0.407 e. The van der Waals surface area contributed by atoms with Gasteiger partial charge in [-0.15, -0.1) is 0 Å². The molecule has 0 aromatic heterocycles. The van der Waals surface area contributed by atoms with Crippen molar-refractivity contribution in [1.82, 2.24) is 31.9 Å². The molecule has 0 radical (unpaired) electrons. The van der Waals surface area contributed by atoms with Crippen LogP contribution in [0.15, 0.2) is 66.7 Å². The van der Waals surface area contributed by atoms with Gasteiger partial charge in [-0.05, 0) is 170 Å². The Balaban J connectivity index is 1.62. The summed E-state index contributed by atoms with van der Waals surface area (Å²) in [5, 5.41) is 16.6. The van der Waals surface area contributed by atoms with E-state index in [9.17, 15) is 33.6 Å². The molecule has 6 N–H and O–H groups in total. The molecule has 0 spiro atoms. The molecular weight excluding hydrogens is 1130 g/mol. The molecule has 0 saturated heterocycles. The van der Waals surface area contributed by atoms with Crippen LogP contribution in [-0.4, -0.2) is 143 Å². The minimum absolute atomic E-state index is 0.0911. The molecule has 0 saturated carbocycles. The highest BCUT2D eigenvalue weighted by molar-refractivity contribution is 5.95. The number of nitrogens with one attached hydrogen (secondary N) is 6. The number of carbonyl (C=O) groups excluding carboxylic acids is 7. The third-order valence-corrected chi connectivity index (χ3v) is 10.7. The van der Waals surface area contributed by atoms with Crippen molar-refractivity contribution in [3.63, 3.8) is 0 Å². The number of amides is 6. The fraction of sp³-hybridized carbons (Fsp3) is 0.571. The SMILES string of the molecule is C=C(C)C(=O)OCc1cc(OCCCNC(=O)c2cc(OCCCNC(=O)OC(C)(C)C)cc(OCCCNC(=O)OC(C)(C)C)c2)cc(OCCCNC(=O)c2cc(OCCCNC(=O)OC(C)(C)C)cc(OCCCNC(=O)OC(C)(C)C)c2)c1. The lowest BCUT2D eigenvalue weighted by molar-refractivity contribution is -0.140. The van der Waals surface area contributed by atoms with Crippen LogP contribution in [0.2, 0.25) is 0 Å². The van der Waals surface area contributed by atoms with Gasteiger partial charge in [-0.1, -0.05) is 6.58 Å². The minimum Gasteiger partial charge on any atom is -0.493 e. The van der Waals surface area contributed by atoms with Crippen LogP contribution >= 0.6 is 0 Å². The molecule has 24 heteroatoms. The highest BCUT2D eigenvalue weighted by Crippen LogP contribution is 2.27. The Hall–Kier alpha value is -8.31. The van der Waals surface area contributed by atoms with Gasteiger partial charge in [0.15, 0.2) is 0 Å². The van der Waals surface area contributed by atoms with Gasteiger partial charge < -0.3 is 84.0 Å². The number of rotatable bonds is 35. The topological polar surface area (TPSA) is 293 Å². The second kappa shape index (κ2) is 36.6. The Bertz CT molecular complexity index is 2430. The van der Waals surface area contributed by atoms with Crippen LogP contribution in [0, 0.1) is 0 Å². The molecule has 3 aromatic rings. The van der Waals surface area contributed by atoms with E-state index in [0.29, 0.717) is 105 Å². The van der Waals surface area contributed by atoms with Crippen molar-refractivity contribution >= 4 is 42.2 Å². The average Bonchev–Trinajstić information content (AvgIpc) is 3.58. The number of hydrogen-bond donors (Lipinski definition) is 6. The monoisotopic (exact) mass is 1220 g/mol. The molecule has 3 aromatic carbocycles. The van der Waals surface area contributed by atoms with Gasteiger partial charge in [0, 0.05) is 74.2 Å². The molecule has 0 unspecified atom stereocenters. The quantitative estimate of drug-likeness (QED) is 0.0138. The van der Waals surface area contributed by atoms with Crippen molar-refractivity contribution in [2.24, 2.45) is 0 Å². The van der Waals surface area contributed by atoms with Crippen molar-refractivity contribution in [3.05, 3.63) is 83.4 Å². The first-order valence-corrected chi connectivity index (χ1v) is 29.3. The van der Waals surface area contributed by atoms with E-state index in [0.717, 1.165) is 0 Å². The van der Waals surface area contributed by atoms with E-state index in [4.69, 9.17) is 52.1 Å². The molecule has 484 valence electrons. The lowest BCUT2D eigenvalue weighted by Crippen LogP contribution is -2.33. The predicted octanol–water partition coefficient (Wildman–Crippen LogP) is 9.88. The van der Waals surface area contributed by atoms with E-state index in [2.05, 4.69) is 38.5 Å². The maximum atomic E-state index is 13.5. The third-order valence-electron chi connectivity index (χ3n) is 10.7. The third kappa shape index (κ3) is 35.0. The second-order valence-electron chi connectivity index (χ2n) is 24.0. The summed E-state index contributed by atoms with van der Waals surface area (Å²) in [5.74, 6) is 0.964. The normalized spacial score (nSPS) is 11.4. The van der Waals surface area contributed by atoms with E-state index in [1.807, 2.05) is 0 Å². The minimum atomic E-state index is -0.636. The Morgan fingerprint density at radius 3 is 0.816 bits per heavy atom. The molecular formula is C63H94N6O18. The van der Waals surface area contributed by atoms with Gasteiger partial charge in [-0.25, -0.2) is 24.0 Å². The predicted molar refractivity (Wildman–Crippen MR) is 326 cm³/mol. The van der Waals surface area contributed by atoms with Crippen LogP contribution in [-0.2, 0) is 35.1 Å². The zero-order valence-electron chi connectivity index (χ0n) is 53.2. The van der Waals surface area contributed by atoms with Crippen molar-refractivity contribution in [2.45, 2.75) is 158 Å². The van der Waals surface area contributed by atoms with Crippen LogP contribution in [0.1, 0.15) is 155 Å². The molecule has 24 nitrogen and oxygen atoms in total. The summed E-state index contributed by atoms with van der Waals surface area (Å²) in [6, 6.07) is 14.8. The fourth-order valence-electron chi connectivity index (χ4n) is 7.09. The molecule has 0 aliphatic rings. The average molecular weight is 1220 g/mol. The summed E-state index contributed by atoms with van der Waals surface area (Å²) in [6.07, 6.45) is 0.453. The molecule has 3 rings (SSSR count). The summed E-state index contributed by atoms with van der Waals surface area (Å²) in [5.41, 5.74) is -1.18. The number of hydrogen-bond acceptors (Lipinski definition) is 18. The summed E-state index contributed by atoms with van der Waals surface area (Å²) < 4.78 is 62.7. The van der Waals surface area contributed by atoms with Crippen LogP contribution in [0.4, 0.5) is 19.2 Å². The van der Waals surface area contributed by atoms with E-state index in [1.165, 1.54) is 0 Å². The first kappa shape index (κ1) is 72.9. The highest BCUT2D eigenvalue weighted by atomic mass is 16.6. The molecule has 0 aliphatic heterocycles. The van der Waals surface area contributed by atoms with E-state index in [1.54, 1.807) is 145 Å². The van der Waals surface area contributed by atoms with Crippen molar-refractivity contribution < 1.29 is 85.7 Å². The van der Waals surface area contributed by atoms with Crippen LogP contribution in [0.25, 0.3) is 0 Å². The largest absolute Gasteiger partial charge is 0.493 e. The first-order chi connectivity index (χ1) is 40.8. The number of esters is 1. The van der Waals surface area contributed by atoms with Crippen LogP contribution < -0.4 is 60.3 Å². The summed E-state index contributed by atoms with van der Waals surface area (Å²) in [4.78, 5) is 87.8. The Morgan fingerprint density at radius 1 is 0.356 bits per heavy atom. The van der Waals surface area contributed by atoms with Crippen LogP contribution in [0.5, 0.6) is 34.5 Å². The Labute approximate surface area is 512 Å². The number of benzene rings is 3. The van der Waals surface area contributed by atoms with Gasteiger partial charge in [-0.3, -0.25) is 9.59 Å². The summed E-state index contributed by atoms with van der Waals surface area (Å²) in [6.45, 7) is 29.3. The van der Waals surface area contributed by atoms with E-state index >= 15 is 0 Å². The number of ether oxygens (including phenoxy) is 11. The summed E-state index contributed by atoms with van der Waals surface area (Å²) in [7, 11) is 0. The van der Waals surface area contributed by atoms with Gasteiger partial charge >= 0.3 is 30.3 Å². The van der Waals surface area contributed by atoms with Gasteiger partial charge in [0.05, 0.1) is 39.6 Å². The van der Waals surface area contributed by atoms with Crippen molar-refractivity contribution in [1.29, 1.82) is 0 Å². The number of carbonyl (C=O) groups is 7. The van der Waals surface area contributed by atoms with E-state index < -0.39 is 64.6 Å². The lowest BCUT2D eigenvalue weighted by Gasteiger charge is -2.19. The molecule has 0 aliphatic carbocycles. The van der Waals surface area contributed by atoms with Gasteiger partial charge in [0.25, 0.3) is 11.8 Å². The first-order valence-electron chi connectivity index (χ1n) is 29.3. The lowest BCUT2D eigenvalue weighted by atomic mass is 10.2. The smallest absolute Gasteiger partial charge is 0.407 e. The van der Waals surface area contributed by atoms with Crippen LogP contribution in [0.3, 0.4) is 0 Å². The fourth-order valence-corrected chi connectivity index (χ4v) is 7.09. The van der Waals surface area contributed by atoms with Crippen molar-refractivity contribution in [3.8, 4) is 34.5 Å². The molecule has 0 atom stereocenters. The van der Waals surface area contributed by atoms with Gasteiger partial charge in [0.2, 0.25) is 0 Å². The maximum absolute atomic E-state index is 13.5. The van der Waals surface area contributed by atoms with E-state index in [-0.39, 0.29) is 76.0 Å². The van der Waals surface area contributed by atoms with Gasteiger partial charge in [-0.2, -0.15) is 0 Å². The number of alkyl carbamates (subject to hydrolysis) is 4. The van der Waals surface area contributed by atoms with Crippen molar-refractivity contribution in [2.75, 3.05) is 78.9 Å². The Kier molecular flexibility index (Phi) is 30.7. The molecule has 0 fully saturated rings. The Morgan fingerprint density at radius 2 is 0.586 bits per heavy atom. The zero-order valence-corrected chi connectivity index (χ0v) is 53.2. The highest BCUT2D eigenvalue weighted by Gasteiger charge is 2.20. The molecule has 0 heterocycles. The standard InChI is InChI=1S/C63H94N6O18/c1-43(2)55(72)83-42-44-33-47(77-27-15-21-64-53(70)45-35-49(79-29-17-23-66-56(73)84-60(3,4)5)40-50(36-45)80-30-18-24-67-57(74)85-61(6,7)8)39-48(34-44)78-28-16-22-65-54(71)46-37-51(81-31-19-25-68-58(75)86-62(9,10)11)41-52(38-46)82-32-20-26-69-59(76)87-63(12,13)14/h33-41H,1,15-32,42H2,2-14H3,(H,64,70)(H,65,71)(H,66,73)(H,67,74)(H,68,75)(H,69,76). The summed E-state index contributed by atoms with van der Waals surface area (Å²) >= 11 is 0.